The van der Waals surface area contributed by atoms with Crippen LogP contribution in [0, 0.1) is 0 Å². The van der Waals surface area contributed by atoms with Gasteiger partial charge in [0.25, 0.3) is 5.91 Å². The highest BCUT2D eigenvalue weighted by Gasteiger charge is 2.39. The molecular weight excluding hydrogens is 468 g/mol. The Morgan fingerprint density at radius 3 is 2.26 bits per heavy atom. The Morgan fingerprint density at radius 1 is 1.03 bits per heavy atom. The van der Waals surface area contributed by atoms with Crippen LogP contribution in [0.15, 0.2) is 53.9 Å². The predicted molar refractivity (Wildman–Crippen MR) is 119 cm³/mol. The monoisotopic (exact) mass is 487 g/mol. The van der Waals surface area contributed by atoms with Crippen LogP contribution in [0.1, 0.15) is 32.5 Å². The maximum atomic E-state index is 13.1. The first-order valence-corrected chi connectivity index (χ1v) is 11.1. The van der Waals surface area contributed by atoms with Crippen LogP contribution in [0.25, 0.3) is 11.1 Å². The Labute approximate surface area is 196 Å². The van der Waals surface area contributed by atoms with E-state index in [1.807, 2.05) is 53.8 Å². The number of thiazole rings is 1. The molecule has 11 heteroatoms. The topological polar surface area (TPSA) is 118 Å². The summed E-state index contributed by atoms with van der Waals surface area (Å²) in [5.41, 5.74) is 4.24. The number of alkyl carbamates (subject to hydrolysis) is 1. The maximum Gasteiger partial charge on any atom is 0.407 e. The number of amides is 2. The van der Waals surface area contributed by atoms with Gasteiger partial charge in [0.1, 0.15) is 17.3 Å². The number of ether oxygens (including phenoxy) is 1. The molecule has 34 heavy (non-hydrogen) atoms. The molecule has 0 spiro atoms. The number of nitrogens with zero attached hydrogens (tertiary/aromatic N) is 1. The van der Waals surface area contributed by atoms with E-state index in [9.17, 15) is 23.2 Å². The lowest BCUT2D eigenvalue weighted by atomic mass is 9.98. The van der Waals surface area contributed by atoms with E-state index in [0.717, 1.165) is 33.6 Å². The van der Waals surface area contributed by atoms with Gasteiger partial charge < -0.3 is 20.5 Å². The fourth-order valence-corrected chi connectivity index (χ4v) is 4.37. The third-order valence-electron chi connectivity index (χ3n) is 5.30. The van der Waals surface area contributed by atoms with Gasteiger partial charge in [-0.2, -0.15) is 8.78 Å². The van der Waals surface area contributed by atoms with Gasteiger partial charge in [-0.05, 0) is 22.3 Å². The third kappa shape index (κ3) is 4.88. The molecule has 1 aliphatic rings. The van der Waals surface area contributed by atoms with Gasteiger partial charge in [0, 0.05) is 11.3 Å². The molecule has 0 saturated heterocycles. The molecule has 3 aromatic rings. The van der Waals surface area contributed by atoms with E-state index in [4.69, 9.17) is 9.84 Å². The Bertz CT molecular complexity index is 1200. The van der Waals surface area contributed by atoms with Gasteiger partial charge in [-0.1, -0.05) is 48.5 Å². The van der Waals surface area contributed by atoms with E-state index < -0.39 is 30.4 Å². The van der Waals surface area contributed by atoms with Crippen LogP contribution < -0.4 is 10.6 Å². The number of hydrogen-bond donors (Lipinski definition) is 3. The van der Waals surface area contributed by atoms with Crippen LogP contribution in [0.5, 0.6) is 0 Å². The van der Waals surface area contributed by atoms with Crippen LogP contribution in [-0.4, -0.2) is 47.1 Å². The smallest absolute Gasteiger partial charge is 0.407 e. The number of carboxylic acid groups (broad SMARTS) is 1. The highest BCUT2D eigenvalue weighted by Crippen LogP contribution is 2.44. The molecule has 0 aliphatic heterocycles. The van der Waals surface area contributed by atoms with Crippen molar-refractivity contribution >= 4 is 29.3 Å². The summed E-state index contributed by atoms with van der Waals surface area (Å²) in [6.07, 6.45) is -0.663. The van der Waals surface area contributed by atoms with Crippen LogP contribution in [0.2, 0.25) is 0 Å². The van der Waals surface area contributed by atoms with Crippen molar-refractivity contribution in [1.29, 1.82) is 0 Å². The Hall–Kier alpha value is -3.86. The molecule has 4 rings (SSSR count). The quantitative estimate of drug-likeness (QED) is 0.447. The maximum absolute atomic E-state index is 13.1. The zero-order valence-corrected chi connectivity index (χ0v) is 18.4. The SMILES string of the molecule is O=C(NCc1nc(C(=O)NCC(F)(F)C(=O)O)cs1)OCC1c2ccccc2-c2ccccc21. The minimum absolute atomic E-state index is 0.0279. The van der Waals surface area contributed by atoms with Gasteiger partial charge >= 0.3 is 18.0 Å². The first-order chi connectivity index (χ1) is 16.3. The number of rotatable bonds is 8. The number of halogens is 2. The van der Waals surface area contributed by atoms with Crippen molar-refractivity contribution in [3.63, 3.8) is 0 Å². The van der Waals surface area contributed by atoms with Crippen molar-refractivity contribution < 1.29 is 33.0 Å². The van der Waals surface area contributed by atoms with Crippen LogP contribution >= 0.6 is 11.3 Å². The molecule has 0 unspecified atom stereocenters. The number of alkyl halides is 2. The summed E-state index contributed by atoms with van der Waals surface area (Å²) >= 11 is 1.04. The van der Waals surface area contributed by atoms with E-state index in [1.165, 1.54) is 5.38 Å². The fraction of sp³-hybridized carbons (Fsp3) is 0.217. The molecule has 0 saturated carbocycles. The summed E-state index contributed by atoms with van der Waals surface area (Å²) in [6.45, 7) is -1.24. The zero-order chi connectivity index (χ0) is 24.3. The number of benzene rings is 2. The van der Waals surface area contributed by atoms with Gasteiger partial charge in [-0.15, -0.1) is 11.3 Å². The molecule has 2 amide bonds. The number of carboxylic acids is 1. The number of carbonyl (C=O) groups excluding carboxylic acids is 2. The molecule has 2 aromatic carbocycles. The Morgan fingerprint density at radius 2 is 1.65 bits per heavy atom. The van der Waals surface area contributed by atoms with E-state index >= 15 is 0 Å². The van der Waals surface area contributed by atoms with Crippen molar-refractivity contribution in [2.24, 2.45) is 0 Å². The van der Waals surface area contributed by atoms with E-state index in [0.29, 0.717) is 5.01 Å². The second-order valence-electron chi connectivity index (χ2n) is 7.50. The highest BCUT2D eigenvalue weighted by molar-refractivity contribution is 7.09. The highest BCUT2D eigenvalue weighted by atomic mass is 32.1. The van der Waals surface area contributed by atoms with Gasteiger partial charge in [0.2, 0.25) is 0 Å². The van der Waals surface area contributed by atoms with Gasteiger partial charge in [-0.3, -0.25) is 4.79 Å². The lowest BCUT2D eigenvalue weighted by Crippen LogP contribution is -2.42. The van der Waals surface area contributed by atoms with Gasteiger partial charge in [0.05, 0.1) is 13.1 Å². The van der Waals surface area contributed by atoms with E-state index in [1.54, 1.807) is 0 Å². The summed E-state index contributed by atoms with van der Waals surface area (Å²) in [5, 5.41) is 14.4. The summed E-state index contributed by atoms with van der Waals surface area (Å²) in [7, 11) is 0. The molecule has 0 bridgehead atoms. The number of aliphatic carboxylic acids is 1. The van der Waals surface area contributed by atoms with Crippen molar-refractivity contribution in [2.45, 2.75) is 18.4 Å². The Kier molecular flexibility index (Phi) is 6.55. The first-order valence-electron chi connectivity index (χ1n) is 10.2. The molecule has 0 atom stereocenters. The fourth-order valence-electron chi connectivity index (χ4n) is 3.65. The minimum atomic E-state index is -4.08. The van der Waals surface area contributed by atoms with Crippen molar-refractivity contribution in [3.05, 3.63) is 75.7 Å². The van der Waals surface area contributed by atoms with Crippen LogP contribution in [0.4, 0.5) is 13.6 Å². The zero-order valence-electron chi connectivity index (χ0n) is 17.6. The first kappa shape index (κ1) is 23.3. The molecule has 1 aliphatic carbocycles. The number of fused-ring (bicyclic) bond motifs is 3. The summed E-state index contributed by atoms with van der Waals surface area (Å²) in [6, 6.07) is 15.9. The molecule has 3 N–H and O–H groups in total. The minimum Gasteiger partial charge on any atom is -0.477 e. The van der Waals surface area contributed by atoms with E-state index in [-0.39, 0.29) is 24.8 Å². The van der Waals surface area contributed by atoms with Gasteiger partial charge in [-0.25, -0.2) is 14.6 Å². The number of carbonyl (C=O) groups is 3. The third-order valence-corrected chi connectivity index (χ3v) is 6.14. The van der Waals surface area contributed by atoms with Crippen molar-refractivity contribution in [1.82, 2.24) is 15.6 Å². The number of nitrogens with one attached hydrogen (secondary N) is 2. The lowest BCUT2D eigenvalue weighted by molar-refractivity contribution is -0.163. The largest absolute Gasteiger partial charge is 0.477 e. The van der Waals surface area contributed by atoms with Crippen molar-refractivity contribution in [2.75, 3.05) is 13.2 Å². The second kappa shape index (κ2) is 9.56. The van der Waals surface area contributed by atoms with E-state index in [2.05, 4.69) is 10.3 Å². The molecule has 0 fully saturated rings. The molecular formula is C23H19F2N3O5S. The van der Waals surface area contributed by atoms with Gasteiger partial charge in [0.15, 0.2) is 0 Å². The molecule has 0 radical (unpaired) electrons. The van der Waals surface area contributed by atoms with Crippen LogP contribution in [-0.2, 0) is 16.1 Å². The predicted octanol–water partition coefficient (Wildman–Crippen LogP) is 3.63. The molecule has 8 nitrogen and oxygen atoms in total. The lowest BCUT2D eigenvalue weighted by Gasteiger charge is -2.14. The average molecular weight is 487 g/mol. The number of aromatic nitrogens is 1. The number of hydrogen-bond acceptors (Lipinski definition) is 6. The van der Waals surface area contributed by atoms with Crippen LogP contribution in [0.3, 0.4) is 0 Å². The van der Waals surface area contributed by atoms with Crippen molar-refractivity contribution in [3.8, 4) is 11.1 Å². The summed E-state index contributed by atoms with van der Waals surface area (Å²) < 4.78 is 31.6. The second-order valence-corrected chi connectivity index (χ2v) is 8.44. The molecule has 1 aromatic heterocycles. The summed E-state index contributed by atoms with van der Waals surface area (Å²) in [4.78, 5) is 38.5. The normalized spacial score (nSPS) is 12.5. The molecule has 1 heterocycles. The molecule has 176 valence electrons. The summed E-state index contributed by atoms with van der Waals surface area (Å²) in [5.74, 6) is -7.44. The standard InChI is InChI=1S/C23H19F2N3O5S/c24-23(25,21(30)31)12-27-20(29)18-11-34-19(28-18)9-26-22(32)33-10-17-15-7-3-1-5-13(15)14-6-2-4-8-16(14)17/h1-8,11,17H,9-10,12H2,(H,26,32)(H,27,29)(H,30,31). The average Bonchev–Trinajstić information content (AvgIpc) is 3.43. The Balaban J connectivity index is 1.29.